The molecular weight excluding hydrogens is 288 g/mol. The third kappa shape index (κ3) is 3.26. The van der Waals surface area contributed by atoms with Crippen LogP contribution in [0.25, 0.3) is 0 Å². The van der Waals surface area contributed by atoms with Crippen LogP contribution in [0.15, 0.2) is 23.3 Å². The number of rotatable bonds is 5. The van der Waals surface area contributed by atoms with Crippen molar-refractivity contribution in [1.82, 2.24) is 0 Å². The van der Waals surface area contributed by atoms with E-state index in [4.69, 9.17) is 5.11 Å². The number of aliphatic hydroxyl groups is 1. The highest BCUT2D eigenvalue weighted by Gasteiger charge is 2.55. The molecule has 0 spiro atoms. The number of hydrogen-bond donors (Lipinski definition) is 2. The van der Waals surface area contributed by atoms with Crippen LogP contribution >= 0.6 is 0 Å². The van der Waals surface area contributed by atoms with Crippen molar-refractivity contribution >= 4 is 5.97 Å². The van der Waals surface area contributed by atoms with E-state index in [0.29, 0.717) is 17.4 Å². The van der Waals surface area contributed by atoms with E-state index in [2.05, 4.69) is 27.7 Å². The Labute approximate surface area is 140 Å². The zero-order valence-corrected chi connectivity index (χ0v) is 15.1. The maximum absolute atomic E-state index is 11.8. The highest BCUT2D eigenvalue weighted by Crippen LogP contribution is 2.62. The first-order valence-electron chi connectivity index (χ1n) is 8.96. The van der Waals surface area contributed by atoms with Crippen LogP contribution in [0.4, 0.5) is 0 Å². The summed E-state index contributed by atoms with van der Waals surface area (Å²) in [5, 5.41) is 18.7. The molecule has 1 saturated carbocycles. The number of carbonyl (C=O) groups is 1. The Bertz CT molecular complexity index is 519. The van der Waals surface area contributed by atoms with Gasteiger partial charge in [-0.15, -0.1) is 0 Å². The van der Waals surface area contributed by atoms with Gasteiger partial charge in [0.05, 0.1) is 6.61 Å². The van der Waals surface area contributed by atoms with Crippen LogP contribution in [0.1, 0.15) is 66.2 Å². The van der Waals surface area contributed by atoms with Crippen LogP contribution in [0, 0.1) is 22.7 Å². The maximum Gasteiger partial charge on any atom is 0.331 e. The van der Waals surface area contributed by atoms with Gasteiger partial charge in [0.15, 0.2) is 0 Å². The summed E-state index contributed by atoms with van der Waals surface area (Å²) < 4.78 is 0. The van der Waals surface area contributed by atoms with Gasteiger partial charge >= 0.3 is 5.97 Å². The van der Waals surface area contributed by atoms with Crippen LogP contribution in [-0.4, -0.2) is 22.8 Å². The Hall–Kier alpha value is -1.09. The minimum absolute atomic E-state index is 0.102. The Morgan fingerprint density at radius 2 is 2.09 bits per heavy atom. The van der Waals surface area contributed by atoms with Gasteiger partial charge in [-0.3, -0.25) is 0 Å². The molecule has 0 aromatic heterocycles. The third-order valence-electron chi connectivity index (χ3n) is 6.93. The molecule has 0 aromatic rings. The molecule has 0 radical (unpaired) electrons. The summed E-state index contributed by atoms with van der Waals surface area (Å²) in [6.45, 7) is 9.07. The van der Waals surface area contributed by atoms with Gasteiger partial charge in [-0.2, -0.15) is 0 Å². The fourth-order valence-electron chi connectivity index (χ4n) is 5.17. The molecule has 0 aliphatic heterocycles. The van der Waals surface area contributed by atoms with Crippen molar-refractivity contribution < 1.29 is 15.0 Å². The molecule has 2 aliphatic carbocycles. The zero-order valence-electron chi connectivity index (χ0n) is 15.1. The minimum atomic E-state index is -0.731. The SMILES string of the molecule is CC(=CCO)CCC1(C)C(C)CCC2(C)C(C(=O)O)=CCCC21. The number of fused-ring (bicyclic) bond motifs is 1. The van der Waals surface area contributed by atoms with Gasteiger partial charge in [0.2, 0.25) is 0 Å². The molecule has 4 atom stereocenters. The predicted octanol–water partition coefficient (Wildman–Crippen LogP) is 4.57. The molecule has 2 rings (SSSR count). The van der Waals surface area contributed by atoms with E-state index in [1.165, 1.54) is 5.57 Å². The monoisotopic (exact) mass is 320 g/mol. The molecule has 3 nitrogen and oxygen atoms in total. The molecule has 4 unspecified atom stereocenters. The summed E-state index contributed by atoms with van der Waals surface area (Å²) in [5.41, 5.74) is 1.85. The van der Waals surface area contributed by atoms with Crippen LogP contribution in [0.2, 0.25) is 0 Å². The lowest BCUT2D eigenvalue weighted by molar-refractivity contribution is -0.137. The molecule has 0 aromatic carbocycles. The molecule has 0 amide bonds. The molecule has 0 bridgehead atoms. The third-order valence-corrected chi connectivity index (χ3v) is 6.93. The number of carboxylic acid groups (broad SMARTS) is 1. The smallest absolute Gasteiger partial charge is 0.331 e. The molecule has 2 N–H and O–H groups in total. The fraction of sp³-hybridized carbons (Fsp3) is 0.750. The molecule has 1 fully saturated rings. The van der Waals surface area contributed by atoms with Crippen LogP contribution in [0.3, 0.4) is 0 Å². The quantitative estimate of drug-likeness (QED) is 0.730. The topological polar surface area (TPSA) is 57.5 Å². The van der Waals surface area contributed by atoms with Gasteiger partial charge in [0.1, 0.15) is 0 Å². The standard InChI is InChI=1S/C20H32O3/c1-14(10-13-21)8-11-19(3)15(2)9-12-20(4)16(18(22)23)6-5-7-17(19)20/h6,10,15,17,21H,5,7-9,11-13H2,1-4H3,(H,22,23). The number of carboxylic acids is 1. The first kappa shape index (κ1) is 18.3. The van der Waals surface area contributed by atoms with Gasteiger partial charge in [-0.1, -0.05) is 38.5 Å². The summed E-state index contributed by atoms with van der Waals surface area (Å²) >= 11 is 0. The zero-order chi connectivity index (χ0) is 17.3. The second kappa shape index (κ2) is 6.80. The number of hydrogen-bond acceptors (Lipinski definition) is 2. The second-order valence-electron chi connectivity index (χ2n) is 8.15. The van der Waals surface area contributed by atoms with Crippen molar-refractivity contribution in [3.8, 4) is 0 Å². The van der Waals surface area contributed by atoms with Gasteiger partial charge in [0.25, 0.3) is 0 Å². The Morgan fingerprint density at radius 1 is 1.39 bits per heavy atom. The van der Waals surface area contributed by atoms with Gasteiger partial charge in [0, 0.05) is 11.0 Å². The Balaban J connectivity index is 2.30. The molecule has 2 aliphatic rings. The average Bonchev–Trinajstić information content (AvgIpc) is 2.49. The van der Waals surface area contributed by atoms with Crippen molar-refractivity contribution in [3.63, 3.8) is 0 Å². The summed E-state index contributed by atoms with van der Waals surface area (Å²) in [4.78, 5) is 11.8. The van der Waals surface area contributed by atoms with Crippen molar-refractivity contribution in [3.05, 3.63) is 23.3 Å². The van der Waals surface area contributed by atoms with Crippen molar-refractivity contribution in [2.45, 2.75) is 66.2 Å². The lowest BCUT2D eigenvalue weighted by Crippen LogP contribution is -2.51. The van der Waals surface area contributed by atoms with Gasteiger partial charge in [-0.05, 0) is 62.7 Å². The van der Waals surface area contributed by atoms with E-state index >= 15 is 0 Å². The van der Waals surface area contributed by atoms with Crippen molar-refractivity contribution in [2.75, 3.05) is 6.61 Å². The van der Waals surface area contributed by atoms with E-state index in [0.717, 1.165) is 38.5 Å². The first-order chi connectivity index (χ1) is 10.8. The normalized spacial score (nSPS) is 38.0. The summed E-state index contributed by atoms with van der Waals surface area (Å²) in [6.07, 6.45) is 9.97. The molecular formula is C20H32O3. The van der Waals surface area contributed by atoms with Crippen molar-refractivity contribution in [2.24, 2.45) is 22.7 Å². The molecule has 130 valence electrons. The Kier molecular flexibility index (Phi) is 5.40. The summed E-state index contributed by atoms with van der Waals surface area (Å²) in [5.74, 6) is 0.304. The number of allylic oxidation sites excluding steroid dienone is 2. The van der Waals surface area contributed by atoms with E-state index in [-0.39, 0.29) is 17.4 Å². The van der Waals surface area contributed by atoms with Crippen molar-refractivity contribution in [1.29, 1.82) is 0 Å². The lowest BCUT2D eigenvalue weighted by Gasteiger charge is -2.57. The number of aliphatic carboxylic acids is 1. The van der Waals surface area contributed by atoms with E-state index < -0.39 is 5.97 Å². The van der Waals surface area contributed by atoms with Gasteiger partial charge < -0.3 is 10.2 Å². The van der Waals surface area contributed by atoms with E-state index in [9.17, 15) is 9.90 Å². The van der Waals surface area contributed by atoms with Crippen LogP contribution in [-0.2, 0) is 4.79 Å². The molecule has 3 heteroatoms. The molecule has 23 heavy (non-hydrogen) atoms. The summed E-state index contributed by atoms with van der Waals surface area (Å²) in [7, 11) is 0. The molecule has 0 heterocycles. The summed E-state index contributed by atoms with van der Waals surface area (Å²) in [6, 6.07) is 0. The molecule has 0 saturated heterocycles. The Morgan fingerprint density at radius 3 is 2.70 bits per heavy atom. The largest absolute Gasteiger partial charge is 0.478 e. The highest BCUT2D eigenvalue weighted by molar-refractivity contribution is 5.88. The maximum atomic E-state index is 11.8. The van der Waals surface area contributed by atoms with Gasteiger partial charge in [-0.25, -0.2) is 4.79 Å². The van der Waals surface area contributed by atoms with Crippen LogP contribution in [0.5, 0.6) is 0 Å². The van der Waals surface area contributed by atoms with Crippen LogP contribution < -0.4 is 0 Å². The minimum Gasteiger partial charge on any atom is -0.478 e. The number of aliphatic hydroxyl groups excluding tert-OH is 1. The lowest BCUT2D eigenvalue weighted by atomic mass is 9.46. The second-order valence-corrected chi connectivity index (χ2v) is 8.15. The van der Waals surface area contributed by atoms with E-state index in [1.807, 2.05) is 12.2 Å². The fourth-order valence-corrected chi connectivity index (χ4v) is 5.17. The average molecular weight is 320 g/mol. The highest BCUT2D eigenvalue weighted by atomic mass is 16.4. The van der Waals surface area contributed by atoms with E-state index in [1.54, 1.807) is 0 Å². The predicted molar refractivity (Wildman–Crippen MR) is 93.1 cm³/mol. The first-order valence-corrected chi connectivity index (χ1v) is 8.96.